The minimum atomic E-state index is -0.378. The third-order valence-electron chi connectivity index (χ3n) is 4.02. The molecule has 0 bridgehead atoms. The smallest absolute Gasteiger partial charge is 0.271 e. The van der Waals surface area contributed by atoms with E-state index in [1.165, 1.54) is 6.21 Å². The summed E-state index contributed by atoms with van der Waals surface area (Å²) in [5.74, 6) is -0.0790. The van der Waals surface area contributed by atoms with Gasteiger partial charge in [0.2, 0.25) is 0 Å². The number of nitrogens with zero attached hydrogens (tertiary/aromatic N) is 2. The fourth-order valence-corrected chi connectivity index (χ4v) is 3.27. The number of hydrogen-bond acceptors (Lipinski definition) is 4. The lowest BCUT2D eigenvalue weighted by molar-refractivity contribution is 0.0955. The van der Waals surface area contributed by atoms with Crippen molar-refractivity contribution in [2.24, 2.45) is 5.10 Å². The largest absolute Gasteiger partial charge is 0.486 e. The Morgan fingerprint density at radius 3 is 2.40 bits per heavy atom. The zero-order valence-electron chi connectivity index (χ0n) is 15.4. The Labute approximate surface area is 188 Å². The van der Waals surface area contributed by atoms with Crippen LogP contribution in [0.3, 0.4) is 0 Å². The maximum Gasteiger partial charge on any atom is 0.271 e. The van der Waals surface area contributed by atoms with Gasteiger partial charge < -0.3 is 4.74 Å². The monoisotopic (exact) mass is 457 g/mol. The minimum Gasteiger partial charge on any atom is -0.486 e. The average Bonchev–Trinajstić information content (AvgIpc) is 2.74. The predicted molar refractivity (Wildman–Crippen MR) is 118 cm³/mol. The molecule has 0 spiro atoms. The summed E-state index contributed by atoms with van der Waals surface area (Å²) in [6, 6.07) is 18.9. The SMILES string of the molecule is N#Cc1ccccc1COc1c(Cl)cc(/C=N\NC(=O)c2ccc(Cl)cc2)cc1Cl. The van der Waals surface area contributed by atoms with Crippen molar-refractivity contribution in [3.8, 4) is 11.8 Å². The summed E-state index contributed by atoms with van der Waals surface area (Å²) in [5.41, 5.74) is 4.66. The van der Waals surface area contributed by atoms with Crippen LogP contribution in [-0.2, 0) is 6.61 Å². The zero-order chi connectivity index (χ0) is 21.5. The summed E-state index contributed by atoms with van der Waals surface area (Å²) >= 11 is 18.4. The number of hydrazone groups is 1. The Morgan fingerprint density at radius 2 is 1.73 bits per heavy atom. The molecule has 0 aliphatic heterocycles. The topological polar surface area (TPSA) is 74.5 Å². The van der Waals surface area contributed by atoms with E-state index in [9.17, 15) is 4.79 Å². The van der Waals surface area contributed by atoms with Crippen molar-refractivity contribution in [3.05, 3.63) is 98.0 Å². The van der Waals surface area contributed by atoms with E-state index in [4.69, 9.17) is 44.8 Å². The lowest BCUT2D eigenvalue weighted by Gasteiger charge is -2.11. The van der Waals surface area contributed by atoms with Crippen molar-refractivity contribution in [3.63, 3.8) is 0 Å². The highest BCUT2D eigenvalue weighted by Crippen LogP contribution is 2.34. The quantitative estimate of drug-likeness (QED) is 0.371. The number of nitrogens with one attached hydrogen (secondary N) is 1. The van der Waals surface area contributed by atoms with Gasteiger partial charge in [0.25, 0.3) is 5.91 Å². The fraction of sp³-hybridized carbons (Fsp3) is 0.0455. The molecule has 3 rings (SSSR count). The van der Waals surface area contributed by atoms with E-state index in [2.05, 4.69) is 16.6 Å². The summed E-state index contributed by atoms with van der Waals surface area (Å²) in [6.07, 6.45) is 1.42. The molecule has 0 heterocycles. The first-order valence-corrected chi connectivity index (χ1v) is 9.80. The Balaban J connectivity index is 1.66. The molecule has 30 heavy (non-hydrogen) atoms. The van der Waals surface area contributed by atoms with Gasteiger partial charge in [-0.15, -0.1) is 0 Å². The van der Waals surface area contributed by atoms with E-state index in [0.717, 1.165) is 5.56 Å². The highest BCUT2D eigenvalue weighted by Gasteiger charge is 2.11. The summed E-state index contributed by atoms with van der Waals surface area (Å²) < 4.78 is 5.72. The first kappa shape index (κ1) is 21.7. The highest BCUT2D eigenvalue weighted by molar-refractivity contribution is 6.37. The van der Waals surface area contributed by atoms with Crippen LogP contribution in [0.15, 0.2) is 65.8 Å². The average molecular weight is 459 g/mol. The van der Waals surface area contributed by atoms with E-state index in [1.807, 2.05) is 6.07 Å². The van der Waals surface area contributed by atoms with Crippen LogP contribution >= 0.6 is 34.8 Å². The Bertz CT molecular complexity index is 1120. The number of ether oxygens (including phenoxy) is 1. The van der Waals surface area contributed by atoms with Gasteiger partial charge in [0, 0.05) is 16.1 Å². The van der Waals surface area contributed by atoms with Crippen molar-refractivity contribution < 1.29 is 9.53 Å². The molecular weight excluding hydrogens is 445 g/mol. The van der Waals surface area contributed by atoms with Crippen molar-refractivity contribution >= 4 is 46.9 Å². The molecule has 5 nitrogen and oxygen atoms in total. The first-order valence-electron chi connectivity index (χ1n) is 8.66. The molecule has 0 fully saturated rings. The van der Waals surface area contributed by atoms with Crippen molar-refractivity contribution in [2.45, 2.75) is 6.61 Å². The molecule has 3 aromatic carbocycles. The lowest BCUT2D eigenvalue weighted by Crippen LogP contribution is -2.17. The van der Waals surface area contributed by atoms with Crippen molar-refractivity contribution in [2.75, 3.05) is 0 Å². The van der Waals surface area contributed by atoms with Crippen LogP contribution in [0.2, 0.25) is 15.1 Å². The summed E-state index contributed by atoms with van der Waals surface area (Å²) in [6.45, 7) is 0.147. The van der Waals surface area contributed by atoms with E-state index < -0.39 is 0 Å². The number of nitriles is 1. The Hall–Kier alpha value is -3.04. The molecule has 1 amide bonds. The van der Waals surface area contributed by atoms with Crippen LogP contribution in [0.5, 0.6) is 5.75 Å². The molecule has 0 saturated carbocycles. The van der Waals surface area contributed by atoms with Gasteiger partial charge in [-0.2, -0.15) is 10.4 Å². The van der Waals surface area contributed by atoms with Crippen molar-refractivity contribution in [1.82, 2.24) is 5.43 Å². The van der Waals surface area contributed by atoms with E-state index >= 15 is 0 Å². The number of amides is 1. The molecule has 0 atom stereocenters. The zero-order valence-corrected chi connectivity index (χ0v) is 17.7. The Kier molecular flexibility index (Phi) is 7.31. The van der Waals surface area contributed by atoms with Gasteiger partial charge >= 0.3 is 0 Å². The standard InChI is InChI=1S/C22H14Cl3N3O2/c23-18-7-5-15(6-8-18)22(29)28-27-12-14-9-19(24)21(20(25)10-14)30-13-17-4-2-1-3-16(17)11-26/h1-10,12H,13H2,(H,28,29)/b27-12-. The molecule has 1 N–H and O–H groups in total. The van der Waals surface area contributed by atoms with Crippen LogP contribution in [0, 0.1) is 11.3 Å². The number of carbonyl (C=O) groups excluding carboxylic acids is 1. The molecule has 0 aromatic heterocycles. The molecule has 0 radical (unpaired) electrons. The normalized spacial score (nSPS) is 10.6. The van der Waals surface area contributed by atoms with E-state index in [-0.39, 0.29) is 22.6 Å². The second-order valence-electron chi connectivity index (χ2n) is 6.08. The maximum absolute atomic E-state index is 12.0. The first-order chi connectivity index (χ1) is 14.5. The molecule has 150 valence electrons. The van der Waals surface area contributed by atoms with Gasteiger partial charge in [-0.05, 0) is 48.0 Å². The molecule has 0 aliphatic carbocycles. The van der Waals surface area contributed by atoms with Gasteiger partial charge in [0.15, 0.2) is 5.75 Å². The van der Waals surface area contributed by atoms with Gasteiger partial charge in [-0.1, -0.05) is 53.0 Å². The van der Waals surface area contributed by atoms with Gasteiger partial charge in [-0.3, -0.25) is 4.79 Å². The van der Waals surface area contributed by atoms with Crippen LogP contribution in [0.25, 0.3) is 0 Å². The molecule has 0 saturated heterocycles. The highest BCUT2D eigenvalue weighted by atomic mass is 35.5. The van der Waals surface area contributed by atoms with Gasteiger partial charge in [0.1, 0.15) is 6.61 Å². The third kappa shape index (κ3) is 5.52. The summed E-state index contributed by atoms with van der Waals surface area (Å²) in [5, 5.41) is 14.2. The number of halogens is 3. The molecule has 8 heteroatoms. The number of carbonyl (C=O) groups is 1. The summed E-state index contributed by atoms with van der Waals surface area (Å²) in [4.78, 5) is 12.0. The second-order valence-corrected chi connectivity index (χ2v) is 7.33. The molecule has 3 aromatic rings. The van der Waals surface area contributed by atoms with E-state index in [1.54, 1.807) is 54.6 Å². The van der Waals surface area contributed by atoms with Crippen LogP contribution in [0.1, 0.15) is 27.0 Å². The van der Waals surface area contributed by atoms with Gasteiger partial charge in [0.05, 0.1) is 27.9 Å². The predicted octanol–water partition coefficient (Wildman–Crippen LogP) is 5.86. The molecule has 0 aliphatic rings. The van der Waals surface area contributed by atoms with Crippen LogP contribution < -0.4 is 10.2 Å². The van der Waals surface area contributed by atoms with Gasteiger partial charge in [-0.25, -0.2) is 5.43 Å². The number of benzene rings is 3. The maximum atomic E-state index is 12.0. The lowest BCUT2D eigenvalue weighted by atomic mass is 10.1. The van der Waals surface area contributed by atoms with E-state index in [0.29, 0.717) is 27.5 Å². The van der Waals surface area contributed by atoms with Crippen LogP contribution in [-0.4, -0.2) is 12.1 Å². The number of hydrogen-bond donors (Lipinski definition) is 1. The molecule has 0 unspecified atom stereocenters. The third-order valence-corrected chi connectivity index (χ3v) is 4.83. The van der Waals surface area contributed by atoms with Crippen molar-refractivity contribution in [1.29, 1.82) is 5.26 Å². The Morgan fingerprint density at radius 1 is 1.07 bits per heavy atom. The molecular formula is C22H14Cl3N3O2. The summed E-state index contributed by atoms with van der Waals surface area (Å²) in [7, 11) is 0. The second kappa shape index (κ2) is 10.1. The minimum absolute atomic E-state index is 0.147. The van der Waals surface area contributed by atoms with Crippen LogP contribution in [0.4, 0.5) is 0 Å². The fourth-order valence-electron chi connectivity index (χ4n) is 2.53. The number of rotatable bonds is 6.